The van der Waals surface area contributed by atoms with Gasteiger partial charge in [0.2, 0.25) is 0 Å². The van der Waals surface area contributed by atoms with Crippen molar-refractivity contribution in [2.45, 2.75) is 17.8 Å². The summed E-state index contributed by atoms with van der Waals surface area (Å²) < 4.78 is 0. The van der Waals surface area contributed by atoms with Crippen molar-refractivity contribution in [3.63, 3.8) is 0 Å². The molecule has 0 bridgehead atoms. The first-order valence-electron chi connectivity index (χ1n) is 8.76. The van der Waals surface area contributed by atoms with E-state index >= 15 is 0 Å². The van der Waals surface area contributed by atoms with E-state index in [2.05, 4.69) is 103 Å². The standard InChI is InChI=1S/C22H22ClPS/c23-24(22-17-10-18-25-22,19-11-4-1-5-12-19,20-13-6-2-7-14-20)21-15-8-3-9-16-21/h1-9,11-16,22H,10,17-18H2. The molecule has 0 aliphatic carbocycles. The van der Waals surface area contributed by atoms with Gasteiger partial charge >= 0.3 is 159 Å². The Hall–Kier alpha value is -1.27. The first kappa shape index (κ1) is 17.2. The van der Waals surface area contributed by atoms with E-state index in [9.17, 15) is 0 Å². The van der Waals surface area contributed by atoms with Gasteiger partial charge in [-0.1, -0.05) is 0 Å². The fourth-order valence-electron chi connectivity index (χ4n) is 4.05. The van der Waals surface area contributed by atoms with Gasteiger partial charge in [0.1, 0.15) is 0 Å². The molecule has 4 rings (SSSR count). The van der Waals surface area contributed by atoms with Crippen LogP contribution in [0, 0.1) is 0 Å². The number of halogens is 1. The molecule has 1 saturated heterocycles. The Morgan fingerprint density at radius 2 is 1.08 bits per heavy atom. The minimum atomic E-state index is -3.07. The van der Waals surface area contributed by atoms with Gasteiger partial charge in [0.25, 0.3) is 0 Å². The van der Waals surface area contributed by atoms with E-state index in [1.165, 1.54) is 34.5 Å². The summed E-state index contributed by atoms with van der Waals surface area (Å²) in [6.07, 6.45) is 2.41. The molecule has 1 aliphatic heterocycles. The normalized spacial score (nSPS) is 19.2. The Morgan fingerprint density at radius 3 is 1.40 bits per heavy atom. The summed E-state index contributed by atoms with van der Waals surface area (Å²) in [5.74, 6) is -1.87. The van der Waals surface area contributed by atoms with Crippen LogP contribution in [0.1, 0.15) is 12.8 Å². The molecule has 3 aromatic carbocycles. The third-order valence-electron chi connectivity index (χ3n) is 5.23. The van der Waals surface area contributed by atoms with Crippen molar-refractivity contribution in [3.8, 4) is 0 Å². The number of hydrogen-bond donors (Lipinski definition) is 0. The van der Waals surface area contributed by atoms with Gasteiger partial charge in [0, 0.05) is 0 Å². The number of hydrogen-bond acceptors (Lipinski definition) is 1. The Bertz CT molecular complexity index is 730. The van der Waals surface area contributed by atoms with Crippen molar-refractivity contribution in [2.75, 3.05) is 5.75 Å². The fraction of sp³-hybridized carbons (Fsp3) is 0.182. The SMILES string of the molecule is ClP(c1ccccc1)(c1ccccc1)(c1ccccc1)C1CCCS1. The molecule has 1 aliphatic rings. The minimum absolute atomic E-state index is 0.417. The molecule has 128 valence electrons. The summed E-state index contributed by atoms with van der Waals surface area (Å²) in [4.78, 5) is 0.417. The molecule has 1 fully saturated rings. The zero-order valence-electron chi connectivity index (χ0n) is 14.1. The number of benzene rings is 3. The maximum absolute atomic E-state index is 8.09. The van der Waals surface area contributed by atoms with Crippen molar-refractivity contribution < 1.29 is 0 Å². The van der Waals surface area contributed by atoms with Crippen LogP contribution in [0.25, 0.3) is 0 Å². The van der Waals surface area contributed by atoms with Crippen molar-refractivity contribution in [1.29, 1.82) is 0 Å². The predicted molar refractivity (Wildman–Crippen MR) is 116 cm³/mol. The molecule has 1 unspecified atom stereocenters. The van der Waals surface area contributed by atoms with Crippen LogP contribution in [0.4, 0.5) is 0 Å². The van der Waals surface area contributed by atoms with E-state index in [4.69, 9.17) is 11.2 Å². The van der Waals surface area contributed by atoms with Gasteiger partial charge in [-0.2, -0.15) is 0 Å². The molecule has 3 aromatic rings. The quantitative estimate of drug-likeness (QED) is 0.533. The molecule has 0 nitrogen and oxygen atoms in total. The van der Waals surface area contributed by atoms with Crippen molar-refractivity contribution in [3.05, 3.63) is 91.0 Å². The summed E-state index contributed by atoms with van der Waals surface area (Å²) in [6, 6.07) is 32.5. The van der Waals surface area contributed by atoms with Crippen molar-refractivity contribution in [2.24, 2.45) is 0 Å². The van der Waals surface area contributed by atoms with Crippen LogP contribution in [-0.2, 0) is 0 Å². The van der Waals surface area contributed by atoms with Crippen LogP contribution < -0.4 is 15.9 Å². The van der Waals surface area contributed by atoms with Gasteiger partial charge in [0.15, 0.2) is 0 Å². The Morgan fingerprint density at radius 1 is 0.680 bits per heavy atom. The third kappa shape index (κ3) is 2.56. The Labute approximate surface area is 159 Å². The van der Waals surface area contributed by atoms with Crippen LogP contribution >= 0.6 is 29.0 Å². The molecule has 1 heterocycles. The maximum atomic E-state index is 8.09. The van der Waals surface area contributed by atoms with Crippen LogP contribution in [-0.4, -0.2) is 10.7 Å². The van der Waals surface area contributed by atoms with Gasteiger partial charge in [0.05, 0.1) is 0 Å². The Kier molecular flexibility index (Phi) is 4.67. The van der Waals surface area contributed by atoms with E-state index in [1.54, 1.807) is 0 Å². The third-order valence-corrected chi connectivity index (χ3v) is 16.2. The van der Waals surface area contributed by atoms with Crippen LogP contribution in [0.2, 0.25) is 0 Å². The first-order chi connectivity index (χ1) is 12.2. The fourth-order valence-corrected chi connectivity index (χ4v) is 14.2. The molecule has 0 radical (unpaired) electrons. The summed E-state index contributed by atoms with van der Waals surface area (Å²) in [5.41, 5.74) is 0. The molecular formula is C22H22ClPS. The van der Waals surface area contributed by atoms with E-state index in [0.717, 1.165) is 0 Å². The van der Waals surface area contributed by atoms with Gasteiger partial charge in [-0.25, -0.2) is 0 Å². The van der Waals surface area contributed by atoms with Crippen LogP contribution in [0.5, 0.6) is 0 Å². The second kappa shape index (κ2) is 6.80. The molecule has 25 heavy (non-hydrogen) atoms. The predicted octanol–water partition coefficient (Wildman–Crippen LogP) is 5.52. The zero-order valence-corrected chi connectivity index (χ0v) is 16.6. The zero-order chi connectivity index (χ0) is 17.2. The second-order valence-corrected chi connectivity index (χ2v) is 14.6. The summed E-state index contributed by atoms with van der Waals surface area (Å²) in [7, 11) is 0. The van der Waals surface area contributed by atoms with Gasteiger partial charge < -0.3 is 0 Å². The number of thioether (sulfide) groups is 1. The average Bonchev–Trinajstić information content (AvgIpc) is 3.25. The van der Waals surface area contributed by atoms with Gasteiger partial charge in [-0.15, -0.1) is 0 Å². The molecule has 1 atom stereocenters. The van der Waals surface area contributed by atoms with Crippen molar-refractivity contribution in [1.82, 2.24) is 0 Å². The summed E-state index contributed by atoms with van der Waals surface area (Å²) in [6.45, 7) is 0. The molecule has 0 N–H and O–H groups in total. The average molecular weight is 385 g/mol. The summed E-state index contributed by atoms with van der Waals surface area (Å²) in [5, 5.41) is 3.85. The van der Waals surface area contributed by atoms with E-state index in [0.29, 0.717) is 4.99 Å². The van der Waals surface area contributed by atoms with Gasteiger partial charge in [-0.3, -0.25) is 0 Å². The van der Waals surface area contributed by atoms with Crippen molar-refractivity contribution >= 4 is 44.9 Å². The molecule has 0 aromatic heterocycles. The monoisotopic (exact) mass is 384 g/mol. The van der Waals surface area contributed by atoms with Gasteiger partial charge in [-0.05, 0) is 0 Å². The molecule has 3 heteroatoms. The van der Waals surface area contributed by atoms with E-state index < -0.39 is 5.96 Å². The van der Waals surface area contributed by atoms with Crippen LogP contribution in [0.15, 0.2) is 91.0 Å². The Balaban J connectivity index is 2.12. The van der Waals surface area contributed by atoms with E-state index in [-0.39, 0.29) is 0 Å². The summed E-state index contributed by atoms with van der Waals surface area (Å²) >= 11 is 10.1. The molecule has 0 spiro atoms. The van der Waals surface area contributed by atoms with Crippen LogP contribution in [0.3, 0.4) is 0 Å². The number of rotatable bonds is 4. The topological polar surface area (TPSA) is 0 Å². The first-order valence-corrected chi connectivity index (χ1v) is 13.0. The molecule has 0 amide bonds. The molecular weight excluding hydrogens is 363 g/mol. The van der Waals surface area contributed by atoms with E-state index in [1.807, 2.05) is 0 Å². The second-order valence-electron chi connectivity index (χ2n) is 6.55. The molecule has 0 saturated carbocycles.